The van der Waals surface area contributed by atoms with E-state index in [0.29, 0.717) is 5.56 Å². The van der Waals surface area contributed by atoms with Crippen molar-refractivity contribution in [3.05, 3.63) is 29.6 Å². The summed E-state index contributed by atoms with van der Waals surface area (Å²) in [6, 6.07) is 5.40. The average molecular weight is 218 g/mol. The number of imidazole rings is 1. The van der Waals surface area contributed by atoms with E-state index >= 15 is 0 Å². The van der Waals surface area contributed by atoms with Crippen molar-refractivity contribution >= 4 is 16.9 Å². The Kier molecular flexibility index (Phi) is 2.62. The Morgan fingerprint density at radius 3 is 2.88 bits per heavy atom. The molecular formula is C11H14N4O. The third-order valence-electron chi connectivity index (χ3n) is 2.19. The topological polar surface area (TPSA) is 61.0 Å². The third-order valence-corrected chi connectivity index (χ3v) is 2.19. The van der Waals surface area contributed by atoms with E-state index in [9.17, 15) is 4.79 Å². The highest BCUT2D eigenvalue weighted by Gasteiger charge is 2.08. The summed E-state index contributed by atoms with van der Waals surface area (Å²) < 4.78 is 0. The van der Waals surface area contributed by atoms with Crippen molar-refractivity contribution in [1.82, 2.24) is 20.4 Å². The van der Waals surface area contributed by atoms with Gasteiger partial charge >= 0.3 is 0 Å². The zero-order valence-electron chi connectivity index (χ0n) is 9.53. The minimum absolute atomic E-state index is 0.126. The van der Waals surface area contributed by atoms with Crippen LogP contribution in [0.4, 0.5) is 0 Å². The number of nitrogens with one attached hydrogen (secondary N) is 2. The van der Waals surface area contributed by atoms with E-state index in [1.807, 2.05) is 13.0 Å². The molecule has 0 atom stereocenters. The van der Waals surface area contributed by atoms with Crippen molar-refractivity contribution in [3.63, 3.8) is 0 Å². The molecule has 1 aromatic carbocycles. The van der Waals surface area contributed by atoms with Gasteiger partial charge in [0.25, 0.3) is 5.91 Å². The zero-order chi connectivity index (χ0) is 11.7. The number of carbonyl (C=O) groups excluding carboxylic acids is 1. The molecule has 84 valence electrons. The number of nitrogens with zero attached hydrogens (tertiary/aromatic N) is 2. The monoisotopic (exact) mass is 218 g/mol. The van der Waals surface area contributed by atoms with Crippen LogP contribution in [-0.4, -0.2) is 35.0 Å². The highest BCUT2D eigenvalue weighted by molar-refractivity contribution is 5.97. The fourth-order valence-electron chi connectivity index (χ4n) is 1.55. The predicted molar refractivity (Wildman–Crippen MR) is 62.0 cm³/mol. The second-order valence-corrected chi connectivity index (χ2v) is 3.89. The highest BCUT2D eigenvalue weighted by Crippen LogP contribution is 2.13. The summed E-state index contributed by atoms with van der Waals surface area (Å²) in [6.45, 7) is 1.89. The van der Waals surface area contributed by atoms with Crippen molar-refractivity contribution in [3.8, 4) is 0 Å². The fourth-order valence-corrected chi connectivity index (χ4v) is 1.55. The molecule has 5 heteroatoms. The molecule has 16 heavy (non-hydrogen) atoms. The lowest BCUT2D eigenvalue weighted by molar-refractivity contribution is 0.0857. The number of aromatic amines is 1. The fraction of sp³-hybridized carbons (Fsp3) is 0.273. The van der Waals surface area contributed by atoms with Gasteiger partial charge in [0.15, 0.2) is 0 Å². The minimum atomic E-state index is -0.126. The predicted octanol–water partition coefficient (Wildman–Crippen LogP) is 1.08. The van der Waals surface area contributed by atoms with Crippen LogP contribution in [0.2, 0.25) is 0 Å². The van der Waals surface area contributed by atoms with Gasteiger partial charge in [-0.2, -0.15) is 0 Å². The first-order chi connectivity index (χ1) is 7.56. The van der Waals surface area contributed by atoms with Gasteiger partial charge in [-0.25, -0.2) is 9.99 Å². The number of H-pyrrole nitrogens is 1. The molecule has 1 aromatic heterocycles. The van der Waals surface area contributed by atoms with E-state index in [1.54, 1.807) is 31.2 Å². The summed E-state index contributed by atoms with van der Waals surface area (Å²) in [5, 5.41) is 1.62. The van der Waals surface area contributed by atoms with Crippen LogP contribution in [-0.2, 0) is 0 Å². The number of aryl methyl sites for hydroxylation is 1. The molecule has 0 aliphatic heterocycles. The van der Waals surface area contributed by atoms with Gasteiger partial charge in [0.05, 0.1) is 11.0 Å². The van der Waals surface area contributed by atoms with E-state index in [0.717, 1.165) is 16.9 Å². The quantitative estimate of drug-likeness (QED) is 0.741. The molecule has 0 fully saturated rings. The van der Waals surface area contributed by atoms with Gasteiger partial charge in [0.1, 0.15) is 5.82 Å². The molecule has 2 aromatic rings. The molecule has 2 N–H and O–H groups in total. The van der Waals surface area contributed by atoms with Crippen LogP contribution in [0.3, 0.4) is 0 Å². The molecule has 1 heterocycles. The van der Waals surface area contributed by atoms with Gasteiger partial charge in [-0.15, -0.1) is 0 Å². The van der Waals surface area contributed by atoms with Gasteiger partial charge in [-0.1, -0.05) is 0 Å². The van der Waals surface area contributed by atoms with Crippen LogP contribution in [0, 0.1) is 6.92 Å². The van der Waals surface area contributed by atoms with Crippen LogP contribution in [0.1, 0.15) is 16.2 Å². The highest BCUT2D eigenvalue weighted by atomic mass is 16.2. The molecule has 0 saturated heterocycles. The van der Waals surface area contributed by atoms with E-state index in [2.05, 4.69) is 15.4 Å². The number of hydrogen-bond donors (Lipinski definition) is 2. The van der Waals surface area contributed by atoms with Crippen LogP contribution in [0.5, 0.6) is 0 Å². The van der Waals surface area contributed by atoms with Crippen molar-refractivity contribution in [1.29, 1.82) is 0 Å². The number of amides is 1. The maximum atomic E-state index is 11.7. The number of fused-ring (bicyclic) bond motifs is 1. The molecule has 0 saturated carbocycles. The smallest absolute Gasteiger partial charge is 0.265 e. The number of aromatic nitrogens is 2. The molecule has 0 aliphatic rings. The number of hydrogen-bond acceptors (Lipinski definition) is 3. The van der Waals surface area contributed by atoms with Gasteiger partial charge < -0.3 is 4.98 Å². The molecule has 0 spiro atoms. The van der Waals surface area contributed by atoms with Crippen molar-refractivity contribution in [2.45, 2.75) is 6.92 Å². The number of hydrazine groups is 1. The second kappa shape index (κ2) is 3.94. The van der Waals surface area contributed by atoms with Crippen molar-refractivity contribution in [2.24, 2.45) is 0 Å². The lowest BCUT2D eigenvalue weighted by Gasteiger charge is -2.11. The SMILES string of the molecule is Cc1nc2ccc(C(=O)NN(C)C)cc2[nH]1. The van der Waals surface area contributed by atoms with Crippen molar-refractivity contribution < 1.29 is 4.79 Å². The summed E-state index contributed by atoms with van der Waals surface area (Å²) in [5.74, 6) is 0.722. The molecule has 0 bridgehead atoms. The Balaban J connectivity index is 2.35. The molecule has 0 aliphatic carbocycles. The first kappa shape index (κ1) is 10.6. The van der Waals surface area contributed by atoms with Crippen molar-refractivity contribution in [2.75, 3.05) is 14.1 Å². The average Bonchev–Trinajstić information content (AvgIpc) is 2.55. The van der Waals surface area contributed by atoms with Crippen LogP contribution in [0.25, 0.3) is 11.0 Å². The molecule has 1 amide bonds. The first-order valence-corrected chi connectivity index (χ1v) is 5.01. The molecule has 2 rings (SSSR count). The maximum Gasteiger partial charge on any atom is 0.265 e. The van der Waals surface area contributed by atoms with Crippen LogP contribution >= 0.6 is 0 Å². The Bertz CT molecular complexity index is 530. The molecule has 5 nitrogen and oxygen atoms in total. The summed E-state index contributed by atoms with van der Waals surface area (Å²) in [7, 11) is 3.55. The van der Waals surface area contributed by atoms with E-state index in [4.69, 9.17) is 0 Å². The minimum Gasteiger partial charge on any atom is -0.342 e. The Hall–Kier alpha value is -1.88. The standard InChI is InChI=1S/C11H14N4O/c1-7-12-9-5-4-8(6-10(9)13-7)11(16)14-15(2)3/h4-6H,1-3H3,(H,12,13)(H,14,16). The van der Waals surface area contributed by atoms with Gasteiger partial charge in [0, 0.05) is 19.7 Å². The normalized spacial score (nSPS) is 11.0. The summed E-state index contributed by atoms with van der Waals surface area (Å²) in [5.41, 5.74) is 5.06. The molecule has 0 radical (unpaired) electrons. The zero-order valence-corrected chi connectivity index (χ0v) is 9.53. The largest absolute Gasteiger partial charge is 0.342 e. The third kappa shape index (κ3) is 2.04. The van der Waals surface area contributed by atoms with Gasteiger partial charge in [-0.05, 0) is 25.1 Å². The Morgan fingerprint density at radius 2 is 2.19 bits per heavy atom. The van der Waals surface area contributed by atoms with Gasteiger partial charge in [-0.3, -0.25) is 10.2 Å². The summed E-state index contributed by atoms with van der Waals surface area (Å²) in [4.78, 5) is 19.1. The Labute approximate surface area is 93.4 Å². The Morgan fingerprint density at radius 1 is 1.44 bits per heavy atom. The summed E-state index contributed by atoms with van der Waals surface area (Å²) >= 11 is 0. The lowest BCUT2D eigenvalue weighted by atomic mass is 10.2. The number of carbonyl (C=O) groups is 1. The second-order valence-electron chi connectivity index (χ2n) is 3.89. The van der Waals surface area contributed by atoms with Gasteiger partial charge in [0.2, 0.25) is 0 Å². The summed E-state index contributed by atoms with van der Waals surface area (Å²) in [6.07, 6.45) is 0. The maximum absolute atomic E-state index is 11.7. The first-order valence-electron chi connectivity index (χ1n) is 5.01. The number of benzene rings is 1. The lowest BCUT2D eigenvalue weighted by Crippen LogP contribution is -2.36. The van der Waals surface area contributed by atoms with Crippen LogP contribution < -0.4 is 5.43 Å². The number of rotatable bonds is 2. The molecular weight excluding hydrogens is 204 g/mol. The van der Waals surface area contributed by atoms with Crippen LogP contribution in [0.15, 0.2) is 18.2 Å². The van der Waals surface area contributed by atoms with E-state index < -0.39 is 0 Å². The molecule has 0 unspecified atom stereocenters. The van der Waals surface area contributed by atoms with E-state index in [-0.39, 0.29) is 5.91 Å². The van der Waals surface area contributed by atoms with E-state index in [1.165, 1.54) is 0 Å².